The molecule has 1 heterocycles. The summed E-state index contributed by atoms with van der Waals surface area (Å²) in [6.07, 6.45) is 6.59. The van der Waals surface area contributed by atoms with Gasteiger partial charge in [0, 0.05) is 38.6 Å². The number of methoxy groups -OCH3 is 1. The van der Waals surface area contributed by atoms with Crippen LogP contribution in [-0.4, -0.2) is 75.2 Å². The summed E-state index contributed by atoms with van der Waals surface area (Å²) in [5.41, 5.74) is 0.820. The monoisotopic (exact) mass is 573 g/mol. The normalized spacial score (nSPS) is 18.2. The minimum absolute atomic E-state index is 0.0645. The first-order valence-electron chi connectivity index (χ1n) is 15.0. The van der Waals surface area contributed by atoms with E-state index in [-0.39, 0.29) is 30.4 Å². The predicted molar refractivity (Wildman–Crippen MR) is 154 cm³/mol. The van der Waals surface area contributed by atoms with Gasteiger partial charge in [-0.05, 0) is 56.7 Å². The Morgan fingerprint density at radius 2 is 1.59 bits per heavy atom. The molecule has 3 amide bonds. The second-order valence-electron chi connectivity index (χ2n) is 11.1. The van der Waals surface area contributed by atoms with Crippen molar-refractivity contribution in [3.8, 4) is 5.75 Å². The van der Waals surface area contributed by atoms with Crippen molar-refractivity contribution in [3.63, 3.8) is 0 Å². The number of ether oxygens (including phenoxy) is 3. The van der Waals surface area contributed by atoms with E-state index in [1.54, 1.807) is 26.2 Å². The number of ketones is 1. The summed E-state index contributed by atoms with van der Waals surface area (Å²) in [5.74, 6) is -0.282. The van der Waals surface area contributed by atoms with Gasteiger partial charge in [0.1, 0.15) is 17.8 Å². The minimum atomic E-state index is -0.941. The van der Waals surface area contributed by atoms with E-state index in [2.05, 4.69) is 16.0 Å². The Balaban J connectivity index is 1.71. The Hall–Kier alpha value is -2.98. The fourth-order valence-electron chi connectivity index (χ4n) is 5.47. The number of carbonyl (C=O) groups excluding carboxylic acids is 4. The molecule has 3 unspecified atom stereocenters. The largest absolute Gasteiger partial charge is 0.497 e. The van der Waals surface area contributed by atoms with Crippen LogP contribution in [0.1, 0.15) is 70.8 Å². The summed E-state index contributed by atoms with van der Waals surface area (Å²) in [6, 6.07) is 4.84. The van der Waals surface area contributed by atoms with Crippen LogP contribution in [-0.2, 0) is 35.1 Å². The summed E-state index contributed by atoms with van der Waals surface area (Å²) < 4.78 is 16.0. The highest BCUT2D eigenvalue weighted by molar-refractivity contribution is 5.94. The van der Waals surface area contributed by atoms with Crippen molar-refractivity contribution in [1.82, 2.24) is 16.0 Å². The maximum Gasteiger partial charge on any atom is 0.243 e. The second-order valence-corrected chi connectivity index (χ2v) is 11.1. The van der Waals surface area contributed by atoms with Crippen LogP contribution in [0.15, 0.2) is 24.3 Å². The van der Waals surface area contributed by atoms with Gasteiger partial charge in [-0.2, -0.15) is 0 Å². The topological polar surface area (TPSA) is 132 Å². The molecule has 10 nitrogen and oxygen atoms in total. The molecule has 1 aliphatic heterocycles. The van der Waals surface area contributed by atoms with E-state index in [0.717, 1.165) is 31.2 Å². The third-order valence-corrected chi connectivity index (χ3v) is 8.02. The van der Waals surface area contributed by atoms with Crippen LogP contribution in [0.25, 0.3) is 0 Å². The van der Waals surface area contributed by atoms with Crippen molar-refractivity contribution < 1.29 is 33.4 Å². The SMILES string of the molecule is CCOCCC(=O)C(CC1CCCC1)NC(=O)C(Cc1ccc(OC)cc1)NC(=O)C(C)NC(=O)C1CCOCC1. The van der Waals surface area contributed by atoms with E-state index in [4.69, 9.17) is 14.2 Å². The van der Waals surface area contributed by atoms with Gasteiger partial charge in [-0.1, -0.05) is 37.8 Å². The highest BCUT2D eigenvalue weighted by Crippen LogP contribution is 2.29. The van der Waals surface area contributed by atoms with Gasteiger partial charge in [0.25, 0.3) is 0 Å². The quantitative estimate of drug-likeness (QED) is 0.259. The first-order valence-corrected chi connectivity index (χ1v) is 15.0. The zero-order chi connectivity index (χ0) is 29.6. The van der Waals surface area contributed by atoms with Gasteiger partial charge in [-0.15, -0.1) is 0 Å². The molecule has 0 bridgehead atoms. The van der Waals surface area contributed by atoms with Crippen molar-refractivity contribution in [3.05, 3.63) is 29.8 Å². The van der Waals surface area contributed by atoms with Gasteiger partial charge in [0.05, 0.1) is 19.8 Å². The number of rotatable bonds is 16. The second kappa shape index (κ2) is 17.1. The third-order valence-electron chi connectivity index (χ3n) is 8.02. The molecule has 1 saturated carbocycles. The highest BCUT2D eigenvalue weighted by atomic mass is 16.5. The smallest absolute Gasteiger partial charge is 0.243 e. The lowest BCUT2D eigenvalue weighted by molar-refractivity contribution is -0.134. The zero-order valence-electron chi connectivity index (χ0n) is 24.7. The van der Waals surface area contributed by atoms with E-state index >= 15 is 0 Å². The first kappa shape index (κ1) is 32.5. The maximum atomic E-state index is 13.7. The van der Waals surface area contributed by atoms with Gasteiger partial charge in [0.2, 0.25) is 17.7 Å². The van der Waals surface area contributed by atoms with Crippen LogP contribution < -0.4 is 20.7 Å². The number of hydrogen-bond acceptors (Lipinski definition) is 7. The van der Waals surface area contributed by atoms with Crippen molar-refractivity contribution >= 4 is 23.5 Å². The Labute approximate surface area is 243 Å². The highest BCUT2D eigenvalue weighted by Gasteiger charge is 2.31. The zero-order valence-corrected chi connectivity index (χ0v) is 24.7. The van der Waals surface area contributed by atoms with E-state index in [1.165, 1.54) is 0 Å². The fraction of sp³-hybridized carbons (Fsp3) is 0.677. The Morgan fingerprint density at radius 3 is 2.22 bits per heavy atom. The van der Waals surface area contributed by atoms with E-state index < -0.39 is 29.9 Å². The molecule has 3 rings (SSSR count). The molecule has 41 heavy (non-hydrogen) atoms. The van der Waals surface area contributed by atoms with E-state index in [0.29, 0.717) is 57.4 Å². The molecule has 2 aliphatic rings. The molecule has 3 atom stereocenters. The van der Waals surface area contributed by atoms with Crippen LogP contribution in [0.2, 0.25) is 0 Å². The number of hydrogen-bond donors (Lipinski definition) is 3. The third kappa shape index (κ3) is 10.7. The van der Waals surface area contributed by atoms with Gasteiger partial charge in [0.15, 0.2) is 5.78 Å². The number of benzene rings is 1. The lowest BCUT2D eigenvalue weighted by Gasteiger charge is -2.27. The van der Waals surface area contributed by atoms with Crippen LogP contribution in [0.4, 0.5) is 0 Å². The summed E-state index contributed by atoms with van der Waals surface area (Å²) in [5, 5.41) is 8.59. The lowest BCUT2D eigenvalue weighted by Crippen LogP contribution is -2.56. The average Bonchev–Trinajstić information content (AvgIpc) is 3.50. The van der Waals surface area contributed by atoms with Crippen molar-refractivity contribution in [2.75, 3.05) is 33.5 Å². The first-order chi connectivity index (χ1) is 19.8. The Kier molecular flexibility index (Phi) is 13.6. The molecule has 3 N–H and O–H groups in total. The predicted octanol–water partition coefficient (Wildman–Crippen LogP) is 2.71. The molecule has 0 aromatic heterocycles. The molecular formula is C31H47N3O7. The molecule has 0 spiro atoms. The summed E-state index contributed by atoms with van der Waals surface area (Å²) in [7, 11) is 1.58. The average molecular weight is 574 g/mol. The lowest BCUT2D eigenvalue weighted by atomic mass is 9.94. The molecule has 228 valence electrons. The van der Waals surface area contributed by atoms with Crippen LogP contribution in [0.5, 0.6) is 5.75 Å². The molecule has 2 fully saturated rings. The van der Waals surface area contributed by atoms with E-state index in [9.17, 15) is 19.2 Å². The van der Waals surface area contributed by atoms with Crippen LogP contribution in [0, 0.1) is 11.8 Å². The van der Waals surface area contributed by atoms with Crippen molar-refractivity contribution in [2.24, 2.45) is 11.8 Å². The maximum absolute atomic E-state index is 13.7. The van der Waals surface area contributed by atoms with Gasteiger partial charge in [-0.25, -0.2) is 0 Å². The number of nitrogens with one attached hydrogen (secondary N) is 3. The van der Waals surface area contributed by atoms with Gasteiger partial charge < -0.3 is 30.2 Å². The molecule has 1 aliphatic carbocycles. The fourth-order valence-corrected chi connectivity index (χ4v) is 5.47. The van der Waals surface area contributed by atoms with Crippen molar-refractivity contribution in [2.45, 2.75) is 89.8 Å². The molecule has 1 aromatic rings. The van der Waals surface area contributed by atoms with Crippen molar-refractivity contribution in [1.29, 1.82) is 0 Å². The Bertz CT molecular complexity index is 988. The molecule has 1 aromatic carbocycles. The number of Topliss-reactive ketones (excluding diaryl/α,β-unsaturated/α-hetero) is 1. The van der Waals surface area contributed by atoms with Gasteiger partial charge >= 0.3 is 0 Å². The Morgan fingerprint density at radius 1 is 0.927 bits per heavy atom. The summed E-state index contributed by atoms with van der Waals surface area (Å²) in [4.78, 5) is 52.7. The minimum Gasteiger partial charge on any atom is -0.497 e. The van der Waals surface area contributed by atoms with Crippen LogP contribution in [0.3, 0.4) is 0 Å². The van der Waals surface area contributed by atoms with E-state index in [1.807, 2.05) is 19.1 Å². The van der Waals surface area contributed by atoms with Gasteiger partial charge in [-0.3, -0.25) is 19.2 Å². The molecule has 0 radical (unpaired) electrons. The number of amides is 3. The summed E-state index contributed by atoms with van der Waals surface area (Å²) >= 11 is 0. The molecule has 10 heteroatoms. The molecular weight excluding hydrogens is 526 g/mol. The standard InChI is InChI=1S/C31H47N3O7/c1-4-40-18-15-28(35)26(19-22-7-5-6-8-22)33-31(38)27(20-23-9-11-25(39-3)12-10-23)34-29(36)21(2)32-30(37)24-13-16-41-17-14-24/h9-12,21-22,24,26-27H,4-8,13-20H2,1-3H3,(H,32,37)(H,33,38)(H,34,36). The van der Waals surface area contributed by atoms with Crippen LogP contribution >= 0.6 is 0 Å². The number of carbonyl (C=O) groups is 4. The molecule has 1 saturated heterocycles. The summed E-state index contributed by atoms with van der Waals surface area (Å²) in [6.45, 7) is 5.35.